The lowest BCUT2D eigenvalue weighted by Crippen LogP contribution is -2.24. The van der Waals surface area contributed by atoms with Gasteiger partial charge in [0.2, 0.25) is 0 Å². The molecule has 156 valence electrons. The van der Waals surface area contributed by atoms with Gasteiger partial charge in [-0.3, -0.25) is 0 Å². The third kappa shape index (κ3) is 6.39. The Morgan fingerprint density at radius 3 is 1.21 bits per heavy atom. The van der Waals surface area contributed by atoms with Crippen molar-refractivity contribution in [2.45, 2.75) is 12.7 Å². The van der Waals surface area contributed by atoms with Crippen molar-refractivity contribution >= 4 is 31.6 Å². The van der Waals surface area contributed by atoms with Crippen molar-refractivity contribution in [3.8, 4) is 11.5 Å². The molecule has 2 aromatic carbocycles. The Labute approximate surface area is 152 Å². The molecule has 0 saturated heterocycles. The first-order chi connectivity index (χ1) is 12.6. The number of rotatable bonds is 6. The molecule has 28 heavy (non-hydrogen) atoms. The number of fused-ring (bicyclic) bond motifs is 1. The smallest absolute Gasteiger partial charge is 0.361 e. The molecule has 2 aromatic rings. The molecule has 0 bridgehead atoms. The number of benzene rings is 2. The van der Waals surface area contributed by atoms with E-state index in [2.05, 4.69) is 16.7 Å². The van der Waals surface area contributed by atoms with Crippen LogP contribution in [0.1, 0.15) is 0 Å². The summed E-state index contributed by atoms with van der Waals surface area (Å²) in [5.41, 5.74) is 0. The van der Waals surface area contributed by atoms with E-state index in [-0.39, 0.29) is 10.8 Å². The lowest BCUT2D eigenvalue weighted by Gasteiger charge is -2.13. The Morgan fingerprint density at radius 1 is 0.607 bits per heavy atom. The summed E-state index contributed by atoms with van der Waals surface area (Å²) < 4.78 is 132. The van der Waals surface area contributed by atoms with E-state index >= 15 is 0 Å². The van der Waals surface area contributed by atoms with Gasteiger partial charge in [-0.25, -0.2) is 0 Å². The van der Waals surface area contributed by atoms with Crippen molar-refractivity contribution in [3.05, 3.63) is 36.4 Å². The van der Waals surface area contributed by atoms with Gasteiger partial charge in [-0.05, 0) is 12.1 Å². The lowest BCUT2D eigenvalue weighted by atomic mass is 10.1. The molecule has 0 atom stereocenters. The summed E-state index contributed by atoms with van der Waals surface area (Å²) in [6.45, 7) is 0. The van der Waals surface area contributed by atoms with Crippen LogP contribution in [0.4, 0.5) is 26.3 Å². The Hall–Kier alpha value is -2.30. The molecule has 0 aliphatic heterocycles. The molecule has 16 heteroatoms. The largest absolute Gasteiger partial charge is 0.539 e. The van der Waals surface area contributed by atoms with Crippen molar-refractivity contribution in [2.24, 2.45) is 0 Å². The second-order valence-corrected chi connectivity index (χ2v) is 6.95. The lowest BCUT2D eigenvalue weighted by molar-refractivity contribution is -0.275. The quantitative estimate of drug-likeness (QED) is 0.611. The fourth-order valence-corrected chi connectivity index (χ4v) is 3.14. The molecule has 0 fully saturated rings. The zero-order chi connectivity index (χ0) is 21.4. The molecule has 0 amide bonds. The maximum atomic E-state index is 12.1. The third-order valence-corrected chi connectivity index (χ3v) is 4.17. The van der Waals surface area contributed by atoms with Gasteiger partial charge in [-0.15, -0.1) is 34.7 Å². The van der Waals surface area contributed by atoms with Crippen LogP contribution in [0, 0.1) is 0 Å². The Kier molecular flexibility index (Phi) is 5.71. The van der Waals surface area contributed by atoms with Gasteiger partial charge >= 0.3 is 33.5 Å². The molecule has 0 aromatic heterocycles. The predicted molar refractivity (Wildman–Crippen MR) is 77.3 cm³/mol. The average molecular weight is 456 g/mol. The van der Waals surface area contributed by atoms with Crippen molar-refractivity contribution in [2.75, 3.05) is 0 Å². The molecule has 0 saturated carbocycles. The summed E-state index contributed by atoms with van der Waals surface area (Å²) in [7, 11) is -11.2. The van der Waals surface area contributed by atoms with Crippen LogP contribution in [0.3, 0.4) is 0 Å². The van der Waals surface area contributed by atoms with Crippen LogP contribution in [-0.2, 0) is 29.2 Å². The van der Waals surface area contributed by atoms with E-state index in [9.17, 15) is 43.2 Å². The molecule has 0 radical (unpaired) electrons. The maximum Gasteiger partial charge on any atom is 0.539 e. The van der Waals surface area contributed by atoms with Crippen LogP contribution in [0.5, 0.6) is 11.5 Å². The molecular formula is C12H6F6O8S2. The normalized spacial score (nSPS) is 13.5. The minimum Gasteiger partial charge on any atom is -0.361 e. The monoisotopic (exact) mass is 456 g/mol. The van der Waals surface area contributed by atoms with Crippen molar-refractivity contribution in [3.63, 3.8) is 0 Å². The summed E-state index contributed by atoms with van der Waals surface area (Å²) in [4.78, 5) is 0. The summed E-state index contributed by atoms with van der Waals surface area (Å²) in [5.74, 6) is -1.50. The number of hydrogen-bond donors (Lipinski definition) is 0. The first-order valence-corrected chi connectivity index (χ1v) is 9.19. The standard InChI is InChI=1S/C12H6F6O8S2/c13-11(14,15)25-27(19,20)23-9-5-6-10(8-4-2-1-3-7(8)9)24-28(21,22)26-12(16,17)18/h1-6H. The van der Waals surface area contributed by atoms with Crippen LogP contribution < -0.4 is 8.37 Å². The topological polar surface area (TPSA) is 105 Å². The van der Waals surface area contributed by atoms with Crippen LogP contribution >= 0.6 is 0 Å². The summed E-state index contributed by atoms with van der Waals surface area (Å²) in [6, 6.07) is 5.90. The molecule has 0 spiro atoms. The fraction of sp³-hybridized carbons (Fsp3) is 0.167. The maximum absolute atomic E-state index is 12.1. The molecule has 8 nitrogen and oxygen atoms in total. The van der Waals surface area contributed by atoms with E-state index < -0.39 is 45.0 Å². The predicted octanol–water partition coefficient (Wildman–Crippen LogP) is 3.16. The van der Waals surface area contributed by atoms with E-state index in [0.717, 1.165) is 12.1 Å². The van der Waals surface area contributed by atoms with E-state index in [0.29, 0.717) is 12.1 Å². The molecule has 0 N–H and O–H groups in total. The SMILES string of the molecule is O=S(=O)(Oc1ccc(OS(=O)(=O)OC(F)(F)F)c2ccccc12)OC(F)(F)F. The van der Waals surface area contributed by atoms with Crippen LogP contribution in [0.25, 0.3) is 10.8 Å². The van der Waals surface area contributed by atoms with Gasteiger partial charge in [0.05, 0.1) is 0 Å². The third-order valence-electron chi connectivity index (χ3n) is 2.62. The highest BCUT2D eigenvalue weighted by atomic mass is 32.3. The van der Waals surface area contributed by atoms with E-state index in [1.807, 2.05) is 0 Å². The van der Waals surface area contributed by atoms with Gasteiger partial charge in [-0.2, -0.15) is 16.8 Å². The van der Waals surface area contributed by atoms with Gasteiger partial charge in [0.25, 0.3) is 0 Å². The summed E-state index contributed by atoms with van der Waals surface area (Å²) >= 11 is 0. The molecular weight excluding hydrogens is 450 g/mol. The van der Waals surface area contributed by atoms with Gasteiger partial charge in [-0.1, -0.05) is 24.3 Å². The minimum absolute atomic E-state index is 0.323. The second-order valence-electron chi connectivity index (χ2n) is 4.65. The Bertz CT molecular complexity index is 989. The van der Waals surface area contributed by atoms with Crippen LogP contribution in [0.15, 0.2) is 36.4 Å². The molecule has 0 heterocycles. The molecule has 0 aliphatic rings. The molecule has 0 aliphatic carbocycles. The number of hydrogen-bond acceptors (Lipinski definition) is 8. The molecule has 2 rings (SSSR count). The van der Waals surface area contributed by atoms with Gasteiger partial charge < -0.3 is 8.37 Å². The van der Waals surface area contributed by atoms with E-state index in [4.69, 9.17) is 0 Å². The second kappa shape index (κ2) is 7.26. The zero-order valence-corrected chi connectivity index (χ0v) is 14.4. The fourth-order valence-electron chi connectivity index (χ4n) is 1.87. The Morgan fingerprint density at radius 2 is 0.929 bits per heavy atom. The summed E-state index contributed by atoms with van der Waals surface area (Å²) in [5, 5.41) is -0.645. The molecule has 0 unspecified atom stereocenters. The average Bonchev–Trinajstić information content (AvgIpc) is 2.44. The van der Waals surface area contributed by atoms with Gasteiger partial charge in [0.1, 0.15) is 0 Å². The first-order valence-electron chi connectivity index (χ1n) is 6.52. The number of alkyl halides is 6. The van der Waals surface area contributed by atoms with Crippen molar-refractivity contribution in [1.82, 2.24) is 0 Å². The Balaban J connectivity index is 2.43. The first kappa shape index (κ1) is 22.0. The van der Waals surface area contributed by atoms with Gasteiger partial charge in [0, 0.05) is 10.8 Å². The number of halogens is 6. The minimum atomic E-state index is -5.61. The highest BCUT2D eigenvalue weighted by Gasteiger charge is 2.40. The van der Waals surface area contributed by atoms with Crippen LogP contribution in [-0.4, -0.2) is 29.6 Å². The van der Waals surface area contributed by atoms with Crippen molar-refractivity contribution in [1.29, 1.82) is 0 Å². The van der Waals surface area contributed by atoms with Gasteiger partial charge in [0.15, 0.2) is 11.5 Å². The highest BCUT2D eigenvalue weighted by molar-refractivity contribution is 7.82. The van der Waals surface area contributed by atoms with Crippen molar-refractivity contribution < 1.29 is 59.9 Å². The summed E-state index contributed by atoms with van der Waals surface area (Å²) in [6.07, 6.45) is -11.2. The highest BCUT2D eigenvalue weighted by Crippen LogP contribution is 2.36. The van der Waals surface area contributed by atoms with Crippen LogP contribution in [0.2, 0.25) is 0 Å². The zero-order valence-electron chi connectivity index (χ0n) is 12.8. The van der Waals surface area contributed by atoms with E-state index in [1.165, 1.54) is 12.1 Å². The van der Waals surface area contributed by atoms with E-state index in [1.54, 1.807) is 0 Å².